The molecule has 0 unspecified atom stereocenters. The van der Waals surface area contributed by atoms with E-state index in [9.17, 15) is 4.79 Å². The number of nitrogens with zero attached hydrogens (tertiary/aromatic N) is 4. The number of nitrogen functional groups attached to an aromatic ring is 3. The average molecular weight is 1030 g/mol. The summed E-state index contributed by atoms with van der Waals surface area (Å²) in [5.41, 5.74) is 43.0. The van der Waals surface area contributed by atoms with Crippen molar-refractivity contribution in [2.24, 2.45) is 0 Å². The molecule has 9 N–H and O–H groups in total. The van der Waals surface area contributed by atoms with E-state index in [1.165, 1.54) is 0 Å². The molecular formula is C66H54N10OSi. The second kappa shape index (κ2) is 20.1. The topological polar surface area (TPSA) is 182 Å². The Morgan fingerprint density at radius 2 is 1.01 bits per heavy atom. The Hall–Kier alpha value is -10.2. The Bertz CT molecular complexity index is 4290. The van der Waals surface area contributed by atoms with Crippen LogP contribution in [-0.4, -0.2) is 43.5 Å². The van der Waals surface area contributed by atoms with E-state index in [1.54, 1.807) is 0 Å². The Morgan fingerprint density at radius 1 is 0.551 bits per heavy atom. The lowest BCUT2D eigenvalue weighted by Gasteiger charge is -2.14. The average Bonchev–Trinajstić information content (AvgIpc) is 4.46. The Morgan fingerprint density at radius 3 is 1.50 bits per heavy atom. The van der Waals surface area contributed by atoms with Gasteiger partial charge in [-0.05, 0) is 108 Å². The number of carbonyl (C=O) groups is 1. The quantitative estimate of drug-likeness (QED) is 0.0472. The lowest BCUT2D eigenvalue weighted by atomic mass is 10.0. The number of aromatic nitrogens is 6. The fourth-order valence-corrected chi connectivity index (χ4v) is 10.7. The Kier molecular flexibility index (Phi) is 12.6. The summed E-state index contributed by atoms with van der Waals surface area (Å²) in [6, 6.07) is 55.5. The lowest BCUT2D eigenvalue weighted by Crippen LogP contribution is -2.16. The predicted octanol–water partition coefficient (Wildman–Crippen LogP) is 14.5. The van der Waals surface area contributed by atoms with Crippen LogP contribution in [0.15, 0.2) is 182 Å². The van der Waals surface area contributed by atoms with Gasteiger partial charge in [0.25, 0.3) is 5.91 Å². The first-order valence-corrected chi connectivity index (χ1v) is 29.3. The summed E-state index contributed by atoms with van der Waals surface area (Å²) < 4.78 is 2.09. The van der Waals surface area contributed by atoms with Crippen LogP contribution in [0.3, 0.4) is 0 Å². The van der Waals surface area contributed by atoms with Crippen molar-refractivity contribution in [2.45, 2.75) is 26.2 Å². The fourth-order valence-electron chi connectivity index (χ4n) is 10.2. The van der Waals surface area contributed by atoms with Gasteiger partial charge in [0.2, 0.25) is 0 Å². The zero-order chi connectivity index (χ0) is 53.5. The normalized spacial score (nSPS) is 11.8. The molecule has 0 fully saturated rings. The van der Waals surface area contributed by atoms with Gasteiger partial charge < -0.3 is 37.1 Å². The van der Waals surface area contributed by atoms with Crippen LogP contribution in [0, 0.1) is 11.5 Å². The van der Waals surface area contributed by atoms with E-state index >= 15 is 0 Å². The molecule has 1 amide bonds. The second-order valence-corrected chi connectivity index (χ2v) is 25.2. The highest BCUT2D eigenvalue weighted by Crippen LogP contribution is 2.42. The van der Waals surface area contributed by atoms with Crippen LogP contribution in [0.25, 0.3) is 102 Å². The van der Waals surface area contributed by atoms with Crippen LogP contribution < -0.4 is 22.5 Å². The number of imidazole rings is 1. The third-order valence-electron chi connectivity index (χ3n) is 13.9. The number of rotatable bonds is 9. The first-order chi connectivity index (χ1) is 37.9. The van der Waals surface area contributed by atoms with E-state index in [1.807, 2.05) is 170 Å². The molecule has 78 heavy (non-hydrogen) atoms. The van der Waals surface area contributed by atoms with Gasteiger partial charge in [-0.1, -0.05) is 123 Å². The largest absolute Gasteiger partial charge is 0.398 e. The van der Waals surface area contributed by atoms with Gasteiger partial charge in [-0.15, -0.1) is 5.54 Å². The number of nitrogens with one attached hydrogen (secondary N) is 3. The summed E-state index contributed by atoms with van der Waals surface area (Å²) in [5, 5.41) is 3.30. The molecule has 0 saturated carbocycles. The van der Waals surface area contributed by atoms with Gasteiger partial charge in [-0.3, -0.25) is 4.79 Å². The highest BCUT2D eigenvalue weighted by atomic mass is 28.3. The molecule has 6 heterocycles. The van der Waals surface area contributed by atoms with E-state index < -0.39 is 8.07 Å². The highest BCUT2D eigenvalue weighted by Gasteiger charge is 2.23. The monoisotopic (exact) mass is 1030 g/mol. The van der Waals surface area contributed by atoms with E-state index in [0.29, 0.717) is 51.9 Å². The maximum absolute atomic E-state index is 14.6. The van der Waals surface area contributed by atoms with Crippen molar-refractivity contribution in [3.05, 3.63) is 222 Å². The molecule has 2 aliphatic heterocycles. The number of aromatic amines is 2. The SMILES string of the molecule is C[Si](C)(C)C#Cc1ccc(-c2cncn2Cc2cccc(C(=O)Nc3ccccc3-c3c4nc(c(-c5ccccc5N)c5ccc([nH]5)c(-c5ccccc5N)c5nc(c(-c6ccccc6N)c6ccc3[nH]6)C=C5)C=C4)c2)cc1. The summed E-state index contributed by atoms with van der Waals surface area (Å²) >= 11 is 0. The van der Waals surface area contributed by atoms with Gasteiger partial charge >= 0.3 is 0 Å². The molecule has 0 saturated heterocycles. The van der Waals surface area contributed by atoms with E-state index in [0.717, 1.165) is 94.7 Å². The first-order valence-electron chi connectivity index (χ1n) is 25.8. The molecule has 10 aromatic rings. The summed E-state index contributed by atoms with van der Waals surface area (Å²) in [4.78, 5) is 37.6. The Labute approximate surface area is 453 Å². The number of amides is 1. The lowest BCUT2D eigenvalue weighted by molar-refractivity contribution is 0.102. The minimum atomic E-state index is -1.51. The predicted molar refractivity (Wildman–Crippen MR) is 325 cm³/mol. The van der Waals surface area contributed by atoms with Crippen LogP contribution >= 0.6 is 0 Å². The minimum Gasteiger partial charge on any atom is -0.398 e. The maximum atomic E-state index is 14.6. The summed E-state index contributed by atoms with van der Waals surface area (Å²) in [6.07, 6.45) is 11.8. The van der Waals surface area contributed by atoms with Crippen molar-refractivity contribution in [2.75, 3.05) is 22.5 Å². The number of para-hydroxylation sites is 4. The molecule has 6 aromatic carbocycles. The smallest absolute Gasteiger partial charge is 0.255 e. The molecular weight excluding hydrogens is 977 g/mol. The van der Waals surface area contributed by atoms with Crippen molar-refractivity contribution in [3.63, 3.8) is 0 Å². The number of hydrogen-bond acceptors (Lipinski definition) is 7. The summed E-state index contributed by atoms with van der Waals surface area (Å²) in [7, 11) is -1.51. The number of fused-ring (bicyclic) bond motifs is 8. The van der Waals surface area contributed by atoms with Crippen LogP contribution in [0.5, 0.6) is 0 Å². The number of anilines is 4. The van der Waals surface area contributed by atoms with Gasteiger partial charge in [0.15, 0.2) is 0 Å². The van der Waals surface area contributed by atoms with E-state index in [4.69, 9.17) is 27.2 Å². The van der Waals surface area contributed by atoms with Crippen molar-refractivity contribution in [3.8, 4) is 67.2 Å². The fraction of sp³-hybridized carbons (Fsp3) is 0.0606. The van der Waals surface area contributed by atoms with Crippen LogP contribution in [0.4, 0.5) is 22.7 Å². The number of hydrogen-bond donors (Lipinski definition) is 6. The van der Waals surface area contributed by atoms with Crippen LogP contribution in [-0.2, 0) is 6.54 Å². The zero-order valence-corrected chi connectivity index (χ0v) is 44.3. The van der Waals surface area contributed by atoms with E-state index in [-0.39, 0.29) is 5.91 Å². The van der Waals surface area contributed by atoms with Gasteiger partial charge in [-0.25, -0.2) is 15.0 Å². The third-order valence-corrected chi connectivity index (χ3v) is 14.8. The molecule has 8 bridgehead atoms. The number of nitrogens with two attached hydrogens (primary N) is 3. The number of carbonyl (C=O) groups excluding carboxylic acids is 1. The number of benzene rings is 6. The zero-order valence-electron chi connectivity index (χ0n) is 43.3. The molecule has 12 rings (SSSR count). The molecule has 4 aromatic heterocycles. The molecule has 0 aliphatic carbocycles. The number of H-pyrrole nitrogens is 2. The standard InChI is InChI=1S/C66H54N10OSi/c1-78(2,3)36-35-41-23-25-43(26-24-41)61-38-70-40-76(61)39-42-13-12-14-44(37-42)66(77)75-52-22-11-7-18-48(52)65-59-33-31-57(73-59)63(46-16-5-9-20-50(46)68)55-29-27-53(71-55)62(45-15-4-8-19-49(45)67)54-28-30-56(72-54)64(58-32-34-60(65)74-58)47-17-6-10-21-51(47)69/h4-34,37-38,40,71,74H,39,67-69H2,1-3H3,(H,75,77). The van der Waals surface area contributed by atoms with Crippen molar-refractivity contribution < 1.29 is 4.79 Å². The van der Waals surface area contributed by atoms with Gasteiger partial charge in [0.05, 0.1) is 41.0 Å². The highest BCUT2D eigenvalue weighted by molar-refractivity contribution is 6.83. The van der Waals surface area contributed by atoms with Gasteiger partial charge in [0.1, 0.15) is 8.07 Å². The third kappa shape index (κ3) is 9.58. The second-order valence-electron chi connectivity index (χ2n) is 20.4. The summed E-state index contributed by atoms with van der Waals surface area (Å²) in [5.74, 6) is 3.08. The molecule has 0 radical (unpaired) electrons. The molecule has 2 aliphatic rings. The minimum absolute atomic E-state index is 0.262. The molecule has 11 nitrogen and oxygen atoms in total. The van der Waals surface area contributed by atoms with E-state index in [2.05, 4.69) is 92.3 Å². The Balaban J connectivity index is 1.01. The maximum Gasteiger partial charge on any atom is 0.255 e. The van der Waals surface area contributed by atoms with Gasteiger partial charge in [-0.2, -0.15) is 0 Å². The van der Waals surface area contributed by atoms with Crippen LogP contribution in [0.1, 0.15) is 44.3 Å². The first kappa shape index (κ1) is 48.7. The molecule has 0 spiro atoms. The van der Waals surface area contributed by atoms with Crippen LogP contribution in [0.2, 0.25) is 19.6 Å². The molecule has 0 atom stereocenters. The van der Waals surface area contributed by atoms with Crippen molar-refractivity contribution >= 4 is 83.1 Å². The molecule has 378 valence electrons. The van der Waals surface area contributed by atoms with Crippen molar-refractivity contribution in [1.82, 2.24) is 29.5 Å². The summed E-state index contributed by atoms with van der Waals surface area (Å²) in [6.45, 7) is 7.23. The molecule has 12 heteroatoms. The van der Waals surface area contributed by atoms with Gasteiger partial charge in [0, 0.05) is 107 Å². The van der Waals surface area contributed by atoms with Crippen molar-refractivity contribution in [1.29, 1.82) is 0 Å².